The fraction of sp³-hybridized carbons (Fsp3) is 0.467. The third-order valence-corrected chi connectivity index (χ3v) is 2.91. The molecular weight excluding hydrogens is 242 g/mol. The zero-order valence-electron chi connectivity index (χ0n) is 11.3. The second-order valence-corrected chi connectivity index (χ2v) is 4.51. The highest BCUT2D eigenvalue weighted by Crippen LogP contribution is 2.08. The summed E-state index contributed by atoms with van der Waals surface area (Å²) in [5.41, 5.74) is 0.661. The van der Waals surface area contributed by atoms with Gasteiger partial charge in [-0.15, -0.1) is 0 Å². The third kappa shape index (κ3) is 5.55. The number of hydrogen-bond donors (Lipinski definition) is 1. The van der Waals surface area contributed by atoms with Crippen molar-refractivity contribution in [1.29, 1.82) is 0 Å². The summed E-state index contributed by atoms with van der Waals surface area (Å²) < 4.78 is 0. The summed E-state index contributed by atoms with van der Waals surface area (Å²) in [7, 11) is 0. The van der Waals surface area contributed by atoms with Crippen LogP contribution in [-0.4, -0.2) is 35.0 Å². The Hall–Kier alpha value is -1.84. The number of benzene rings is 1. The molecule has 0 heterocycles. The zero-order chi connectivity index (χ0) is 14.1. The van der Waals surface area contributed by atoms with E-state index in [4.69, 9.17) is 5.11 Å². The molecule has 1 amide bonds. The van der Waals surface area contributed by atoms with Crippen LogP contribution in [0.2, 0.25) is 0 Å². The molecular formula is C15H21NO3. The quantitative estimate of drug-likeness (QED) is 0.784. The Morgan fingerprint density at radius 3 is 2.32 bits per heavy atom. The van der Waals surface area contributed by atoms with E-state index in [-0.39, 0.29) is 12.3 Å². The normalized spacial score (nSPS) is 10.2. The zero-order valence-corrected chi connectivity index (χ0v) is 11.3. The van der Waals surface area contributed by atoms with Gasteiger partial charge in [-0.05, 0) is 25.0 Å². The van der Waals surface area contributed by atoms with E-state index in [0.717, 1.165) is 12.8 Å². The van der Waals surface area contributed by atoms with Gasteiger partial charge in [0.2, 0.25) is 0 Å². The lowest BCUT2D eigenvalue weighted by Gasteiger charge is -2.22. The number of unbranched alkanes of at least 4 members (excludes halogenated alkanes) is 1. The molecule has 0 spiro atoms. The van der Waals surface area contributed by atoms with Crippen molar-refractivity contribution in [1.82, 2.24) is 4.90 Å². The molecule has 4 heteroatoms. The van der Waals surface area contributed by atoms with Crippen molar-refractivity contribution in [2.24, 2.45) is 0 Å². The van der Waals surface area contributed by atoms with Crippen LogP contribution in [0.5, 0.6) is 0 Å². The lowest BCUT2D eigenvalue weighted by atomic mass is 10.1. The summed E-state index contributed by atoms with van der Waals surface area (Å²) in [4.78, 5) is 24.6. The molecule has 19 heavy (non-hydrogen) atoms. The Morgan fingerprint density at radius 2 is 1.74 bits per heavy atom. The van der Waals surface area contributed by atoms with Crippen LogP contribution in [0.1, 0.15) is 43.0 Å². The fourth-order valence-corrected chi connectivity index (χ4v) is 1.85. The molecule has 0 atom stereocenters. The lowest BCUT2D eigenvalue weighted by molar-refractivity contribution is -0.137. The van der Waals surface area contributed by atoms with Crippen molar-refractivity contribution in [2.75, 3.05) is 13.1 Å². The van der Waals surface area contributed by atoms with E-state index in [1.54, 1.807) is 17.0 Å². The fourth-order valence-electron chi connectivity index (χ4n) is 1.85. The van der Waals surface area contributed by atoms with Crippen molar-refractivity contribution in [3.8, 4) is 0 Å². The maximum Gasteiger partial charge on any atom is 0.303 e. The minimum atomic E-state index is -0.817. The average Bonchev–Trinajstić information content (AvgIpc) is 2.42. The molecule has 1 aromatic carbocycles. The SMILES string of the molecule is CCCCN(CCCC(=O)O)C(=O)c1ccccc1. The van der Waals surface area contributed by atoms with Crippen molar-refractivity contribution in [2.45, 2.75) is 32.6 Å². The number of amides is 1. The minimum Gasteiger partial charge on any atom is -0.481 e. The molecule has 0 unspecified atom stereocenters. The molecule has 1 aromatic rings. The summed E-state index contributed by atoms with van der Waals surface area (Å²) in [6, 6.07) is 9.12. The number of carbonyl (C=O) groups is 2. The predicted molar refractivity (Wildman–Crippen MR) is 74.1 cm³/mol. The van der Waals surface area contributed by atoms with Crippen LogP contribution >= 0.6 is 0 Å². The van der Waals surface area contributed by atoms with E-state index in [0.29, 0.717) is 25.1 Å². The molecule has 0 aliphatic carbocycles. The Morgan fingerprint density at radius 1 is 1.11 bits per heavy atom. The number of nitrogens with zero attached hydrogens (tertiary/aromatic N) is 1. The van der Waals surface area contributed by atoms with E-state index in [1.807, 2.05) is 18.2 Å². The van der Waals surface area contributed by atoms with Gasteiger partial charge in [0.05, 0.1) is 0 Å². The van der Waals surface area contributed by atoms with Crippen LogP contribution < -0.4 is 0 Å². The van der Waals surface area contributed by atoms with E-state index in [1.165, 1.54) is 0 Å². The molecule has 0 fully saturated rings. The summed E-state index contributed by atoms with van der Waals surface area (Å²) >= 11 is 0. The van der Waals surface area contributed by atoms with Crippen LogP contribution in [-0.2, 0) is 4.79 Å². The van der Waals surface area contributed by atoms with Gasteiger partial charge < -0.3 is 10.0 Å². The summed E-state index contributed by atoms with van der Waals surface area (Å²) in [5, 5.41) is 8.65. The first-order valence-corrected chi connectivity index (χ1v) is 6.71. The van der Waals surface area contributed by atoms with Crippen LogP contribution in [0.15, 0.2) is 30.3 Å². The van der Waals surface area contributed by atoms with Gasteiger partial charge in [0.25, 0.3) is 5.91 Å². The number of carbonyl (C=O) groups excluding carboxylic acids is 1. The maximum atomic E-state index is 12.3. The van der Waals surface area contributed by atoms with E-state index < -0.39 is 5.97 Å². The van der Waals surface area contributed by atoms with Crippen molar-refractivity contribution in [3.05, 3.63) is 35.9 Å². The number of carboxylic acid groups (broad SMARTS) is 1. The van der Waals surface area contributed by atoms with Crippen LogP contribution in [0.25, 0.3) is 0 Å². The second-order valence-electron chi connectivity index (χ2n) is 4.51. The summed E-state index contributed by atoms with van der Waals surface area (Å²) in [5.74, 6) is -0.831. The first kappa shape index (κ1) is 15.2. The maximum absolute atomic E-state index is 12.3. The molecule has 0 saturated heterocycles. The van der Waals surface area contributed by atoms with Crippen molar-refractivity contribution < 1.29 is 14.7 Å². The molecule has 0 aliphatic heterocycles. The molecule has 104 valence electrons. The molecule has 0 radical (unpaired) electrons. The van der Waals surface area contributed by atoms with E-state index in [9.17, 15) is 9.59 Å². The van der Waals surface area contributed by atoms with Crippen LogP contribution in [0.4, 0.5) is 0 Å². The Balaban J connectivity index is 2.62. The topological polar surface area (TPSA) is 57.6 Å². The average molecular weight is 263 g/mol. The number of hydrogen-bond acceptors (Lipinski definition) is 2. The Bertz CT molecular complexity index is 403. The highest BCUT2D eigenvalue weighted by molar-refractivity contribution is 5.94. The standard InChI is InChI=1S/C15H21NO3/c1-2-3-11-16(12-7-10-14(17)18)15(19)13-8-5-4-6-9-13/h4-6,8-9H,2-3,7,10-12H2,1H3,(H,17,18). The number of aliphatic carboxylic acids is 1. The van der Waals surface area contributed by atoms with Gasteiger partial charge >= 0.3 is 5.97 Å². The monoisotopic (exact) mass is 263 g/mol. The van der Waals surface area contributed by atoms with Crippen LogP contribution in [0, 0.1) is 0 Å². The number of rotatable bonds is 8. The largest absolute Gasteiger partial charge is 0.481 e. The Kier molecular flexibility index (Phi) is 6.64. The van der Waals surface area contributed by atoms with Gasteiger partial charge in [0, 0.05) is 25.1 Å². The molecule has 0 aliphatic rings. The highest BCUT2D eigenvalue weighted by atomic mass is 16.4. The lowest BCUT2D eigenvalue weighted by Crippen LogP contribution is -2.33. The molecule has 0 saturated carbocycles. The number of carboxylic acids is 1. The third-order valence-electron chi connectivity index (χ3n) is 2.91. The molecule has 1 N–H and O–H groups in total. The van der Waals surface area contributed by atoms with Gasteiger partial charge in [0.1, 0.15) is 0 Å². The summed E-state index contributed by atoms with van der Waals surface area (Å²) in [6.07, 6.45) is 2.55. The van der Waals surface area contributed by atoms with Gasteiger partial charge in [0.15, 0.2) is 0 Å². The van der Waals surface area contributed by atoms with E-state index in [2.05, 4.69) is 6.92 Å². The second kappa shape index (κ2) is 8.29. The molecule has 0 bridgehead atoms. The van der Waals surface area contributed by atoms with Crippen LogP contribution in [0.3, 0.4) is 0 Å². The Labute approximate surface area is 114 Å². The highest BCUT2D eigenvalue weighted by Gasteiger charge is 2.14. The predicted octanol–water partition coefficient (Wildman–Crippen LogP) is 2.79. The molecule has 0 aromatic heterocycles. The van der Waals surface area contributed by atoms with Crippen molar-refractivity contribution in [3.63, 3.8) is 0 Å². The summed E-state index contributed by atoms with van der Waals surface area (Å²) in [6.45, 7) is 3.26. The van der Waals surface area contributed by atoms with Gasteiger partial charge in [-0.1, -0.05) is 31.5 Å². The molecule has 4 nitrogen and oxygen atoms in total. The van der Waals surface area contributed by atoms with Gasteiger partial charge in [-0.25, -0.2) is 0 Å². The smallest absolute Gasteiger partial charge is 0.303 e. The first-order valence-electron chi connectivity index (χ1n) is 6.71. The van der Waals surface area contributed by atoms with Gasteiger partial charge in [-0.3, -0.25) is 9.59 Å². The van der Waals surface area contributed by atoms with Gasteiger partial charge in [-0.2, -0.15) is 0 Å². The first-order chi connectivity index (χ1) is 9.15. The van der Waals surface area contributed by atoms with Crippen molar-refractivity contribution >= 4 is 11.9 Å². The van der Waals surface area contributed by atoms with E-state index >= 15 is 0 Å². The minimum absolute atomic E-state index is 0.0144. The molecule has 1 rings (SSSR count).